The van der Waals surface area contributed by atoms with Crippen LogP contribution in [0.3, 0.4) is 0 Å². The minimum atomic E-state index is -0.560. The Balaban J connectivity index is 0.00000160. The van der Waals surface area contributed by atoms with E-state index in [0.29, 0.717) is 17.2 Å². The van der Waals surface area contributed by atoms with Crippen LogP contribution in [0.5, 0.6) is 11.5 Å². The quantitative estimate of drug-likeness (QED) is 0.475. The third kappa shape index (κ3) is 3.99. The number of carbonyl (C=O) groups excluding carboxylic acids is 2. The molecule has 3 aromatic carbocycles. The second kappa shape index (κ2) is 8.50. The molecule has 2 amide bonds. The third-order valence-electron chi connectivity index (χ3n) is 6.55. The summed E-state index contributed by atoms with van der Waals surface area (Å²) in [5.41, 5.74) is 5.81. The molecule has 180 valence electrons. The average Bonchev–Trinajstić information content (AvgIpc) is 3.51. The number of hydrogen-bond donors (Lipinski definition) is 3. The van der Waals surface area contributed by atoms with Crippen LogP contribution in [-0.2, 0) is 15.0 Å². The maximum Gasteiger partial charge on any atom is 0.250 e. The zero-order valence-electron chi connectivity index (χ0n) is 19.1. The van der Waals surface area contributed by atoms with Crippen molar-refractivity contribution in [2.75, 3.05) is 24.0 Å². The van der Waals surface area contributed by atoms with Crippen LogP contribution in [-0.4, -0.2) is 30.3 Å². The van der Waals surface area contributed by atoms with Gasteiger partial charge in [-0.25, -0.2) is 0 Å². The van der Waals surface area contributed by atoms with Crippen LogP contribution in [0.1, 0.15) is 33.8 Å². The van der Waals surface area contributed by atoms with Gasteiger partial charge in [0.1, 0.15) is 6.61 Å². The molecule has 0 atom stereocenters. The number of fused-ring (bicyclic) bond motifs is 1. The highest BCUT2D eigenvalue weighted by Crippen LogP contribution is 2.51. The Kier molecular flexibility index (Phi) is 5.49. The second-order valence-corrected chi connectivity index (χ2v) is 8.87. The number of ether oxygens (including phenoxy) is 2. The fourth-order valence-electron chi connectivity index (χ4n) is 4.45. The summed E-state index contributed by atoms with van der Waals surface area (Å²) in [6, 6.07) is 17.2. The summed E-state index contributed by atoms with van der Waals surface area (Å²) in [4.78, 5) is 24.8. The molecule has 0 unspecified atom stereocenters. The lowest BCUT2D eigenvalue weighted by atomic mass is 9.93. The Morgan fingerprint density at radius 1 is 0.882 bits per heavy atom. The molecule has 7 heteroatoms. The molecule has 0 radical (unpaired) electrons. The van der Waals surface area contributed by atoms with Crippen molar-refractivity contribution < 1.29 is 28.4 Å². The van der Waals surface area contributed by atoms with E-state index in [0.717, 1.165) is 46.3 Å². The van der Waals surface area contributed by atoms with Crippen molar-refractivity contribution in [1.29, 1.82) is 0 Å². The predicted molar refractivity (Wildman–Crippen MR) is 136 cm³/mol. The van der Waals surface area contributed by atoms with E-state index in [4.69, 9.17) is 14.6 Å². The SMILES string of the molecule is Cc1cc(NC(=O)CO)ccc1-c1cc(NC(=O)C2(c3ccc4c(c3)OCO4)CC2)ccc1C.[HH].[HH].[HH]. The Hall–Kier alpha value is -3.84. The summed E-state index contributed by atoms with van der Waals surface area (Å²) in [7, 11) is 0. The average molecular weight is 465 g/mol. The first kappa shape index (κ1) is 22.0. The highest BCUT2D eigenvalue weighted by Gasteiger charge is 2.51. The number of carbonyl (C=O) groups is 2. The third-order valence-corrected chi connectivity index (χ3v) is 6.55. The first-order valence-corrected chi connectivity index (χ1v) is 11.2. The number of aliphatic hydroxyl groups excluding tert-OH is 1. The van der Waals surface area contributed by atoms with Gasteiger partial charge in [0, 0.05) is 15.7 Å². The lowest BCUT2D eigenvalue weighted by molar-refractivity contribution is -0.119. The zero-order valence-corrected chi connectivity index (χ0v) is 19.1. The van der Waals surface area contributed by atoms with Crippen molar-refractivity contribution in [1.82, 2.24) is 0 Å². The van der Waals surface area contributed by atoms with E-state index in [2.05, 4.69) is 10.6 Å². The van der Waals surface area contributed by atoms with Crippen LogP contribution in [0.25, 0.3) is 11.1 Å². The van der Waals surface area contributed by atoms with E-state index in [1.165, 1.54) is 0 Å². The standard InChI is InChI=1S/C27H26N2O5.3H2/c1-16-3-5-20(13-22(16)21-7-6-19(11-17(21)2)28-25(31)14-30)29-26(32)27(9-10-27)18-4-8-23-24(12-18)34-15-33-23;;;/h3-8,11-13,30H,9-10,14-15H2,1-2H3,(H,28,31)(H,29,32);3*1H. The summed E-state index contributed by atoms with van der Waals surface area (Å²) in [6.07, 6.45) is 1.58. The second-order valence-electron chi connectivity index (χ2n) is 8.87. The molecule has 0 bridgehead atoms. The fraction of sp³-hybridized carbons (Fsp3) is 0.259. The summed E-state index contributed by atoms with van der Waals surface area (Å²) in [5.74, 6) is 0.910. The largest absolute Gasteiger partial charge is 0.454 e. The molecule has 0 aromatic heterocycles. The van der Waals surface area contributed by atoms with E-state index < -0.39 is 17.9 Å². The number of benzene rings is 3. The molecule has 0 spiro atoms. The molecule has 34 heavy (non-hydrogen) atoms. The van der Waals surface area contributed by atoms with Crippen LogP contribution in [0.2, 0.25) is 0 Å². The zero-order chi connectivity index (χ0) is 23.9. The van der Waals surface area contributed by atoms with Gasteiger partial charge in [-0.2, -0.15) is 0 Å². The Labute approximate surface area is 202 Å². The Morgan fingerprint density at radius 2 is 1.62 bits per heavy atom. The van der Waals surface area contributed by atoms with Gasteiger partial charge in [0.15, 0.2) is 11.5 Å². The van der Waals surface area contributed by atoms with Gasteiger partial charge in [0.25, 0.3) is 0 Å². The molecule has 1 aliphatic heterocycles. The van der Waals surface area contributed by atoms with Gasteiger partial charge >= 0.3 is 0 Å². The topological polar surface area (TPSA) is 96.9 Å². The molecule has 1 fully saturated rings. The Morgan fingerprint density at radius 3 is 2.35 bits per heavy atom. The lowest BCUT2D eigenvalue weighted by Crippen LogP contribution is -2.27. The van der Waals surface area contributed by atoms with Crippen LogP contribution in [0, 0.1) is 13.8 Å². The van der Waals surface area contributed by atoms with E-state index in [1.54, 1.807) is 6.07 Å². The number of aliphatic hydroxyl groups is 1. The fourth-order valence-corrected chi connectivity index (χ4v) is 4.45. The van der Waals surface area contributed by atoms with Gasteiger partial charge in [-0.15, -0.1) is 0 Å². The highest BCUT2D eigenvalue weighted by atomic mass is 16.7. The smallest absolute Gasteiger partial charge is 0.250 e. The molecule has 0 saturated heterocycles. The molecule has 1 heterocycles. The van der Waals surface area contributed by atoms with Crippen molar-refractivity contribution in [2.45, 2.75) is 32.1 Å². The normalized spacial score (nSPS) is 15.0. The molecule has 1 saturated carbocycles. The molecule has 3 N–H and O–H groups in total. The molecular formula is C27H32N2O5. The van der Waals surface area contributed by atoms with Crippen LogP contribution in [0.4, 0.5) is 11.4 Å². The van der Waals surface area contributed by atoms with Crippen LogP contribution in [0.15, 0.2) is 54.6 Å². The highest BCUT2D eigenvalue weighted by molar-refractivity contribution is 6.02. The van der Waals surface area contributed by atoms with Crippen molar-refractivity contribution in [3.8, 4) is 22.6 Å². The first-order valence-electron chi connectivity index (χ1n) is 11.2. The number of aryl methyl sites for hydroxylation is 2. The van der Waals surface area contributed by atoms with Gasteiger partial charge in [0.05, 0.1) is 5.41 Å². The molecule has 1 aliphatic carbocycles. The summed E-state index contributed by atoms with van der Waals surface area (Å²) in [5, 5.41) is 14.7. The minimum Gasteiger partial charge on any atom is -0.454 e. The number of nitrogens with one attached hydrogen (secondary N) is 2. The van der Waals surface area contributed by atoms with Crippen molar-refractivity contribution in [3.63, 3.8) is 0 Å². The summed E-state index contributed by atoms with van der Waals surface area (Å²) in [6.45, 7) is 3.64. The number of hydrogen-bond acceptors (Lipinski definition) is 5. The summed E-state index contributed by atoms with van der Waals surface area (Å²) >= 11 is 0. The first-order chi connectivity index (χ1) is 16.4. The van der Waals surface area contributed by atoms with Crippen LogP contribution >= 0.6 is 0 Å². The predicted octanol–water partition coefficient (Wildman–Crippen LogP) is 5.04. The maximum atomic E-state index is 13.3. The van der Waals surface area contributed by atoms with E-state index in [9.17, 15) is 9.59 Å². The maximum absolute atomic E-state index is 13.3. The molecule has 5 rings (SSSR count). The van der Waals surface area contributed by atoms with Crippen molar-refractivity contribution >= 4 is 23.2 Å². The molecule has 2 aliphatic rings. The minimum absolute atomic E-state index is 0. The van der Waals surface area contributed by atoms with E-state index in [-0.39, 0.29) is 17.0 Å². The molecule has 3 aromatic rings. The number of anilines is 2. The number of rotatable bonds is 6. The van der Waals surface area contributed by atoms with Crippen molar-refractivity contribution in [3.05, 3.63) is 71.3 Å². The van der Waals surface area contributed by atoms with Gasteiger partial charge < -0.3 is 25.2 Å². The van der Waals surface area contributed by atoms with Crippen LogP contribution < -0.4 is 20.1 Å². The van der Waals surface area contributed by atoms with Gasteiger partial charge in [-0.05, 0) is 90.9 Å². The number of amides is 2. The van der Waals surface area contributed by atoms with Gasteiger partial charge in [-0.1, -0.05) is 18.2 Å². The van der Waals surface area contributed by atoms with Gasteiger partial charge in [0.2, 0.25) is 18.6 Å². The van der Waals surface area contributed by atoms with E-state index >= 15 is 0 Å². The van der Waals surface area contributed by atoms with Crippen molar-refractivity contribution in [2.24, 2.45) is 0 Å². The van der Waals surface area contributed by atoms with Gasteiger partial charge in [-0.3, -0.25) is 9.59 Å². The Bertz CT molecular complexity index is 1310. The molecular weight excluding hydrogens is 432 g/mol. The van der Waals surface area contributed by atoms with E-state index in [1.807, 2.05) is 62.4 Å². The monoisotopic (exact) mass is 464 g/mol. The summed E-state index contributed by atoms with van der Waals surface area (Å²) < 4.78 is 10.9. The lowest BCUT2D eigenvalue weighted by Gasteiger charge is -2.18. The molecule has 7 nitrogen and oxygen atoms in total.